The molecule has 0 saturated carbocycles. The molecule has 0 spiro atoms. The summed E-state index contributed by atoms with van der Waals surface area (Å²) in [4.78, 5) is 25.3. The van der Waals surface area contributed by atoms with Crippen LogP contribution in [0.15, 0.2) is 36.7 Å². The summed E-state index contributed by atoms with van der Waals surface area (Å²) < 4.78 is 10.6. The van der Waals surface area contributed by atoms with E-state index < -0.39 is 5.60 Å². The largest absolute Gasteiger partial charge is 0.444 e. The third kappa shape index (κ3) is 4.98. The molecule has 1 amide bonds. The first kappa shape index (κ1) is 20.1. The van der Waals surface area contributed by atoms with Crippen molar-refractivity contribution in [3.8, 4) is 11.3 Å². The van der Waals surface area contributed by atoms with Gasteiger partial charge in [-0.25, -0.2) is 9.78 Å². The second-order valence-corrected chi connectivity index (χ2v) is 7.81. The summed E-state index contributed by atoms with van der Waals surface area (Å²) in [6, 6.07) is 8.16. The van der Waals surface area contributed by atoms with Gasteiger partial charge in [-0.15, -0.1) is 0 Å². The van der Waals surface area contributed by atoms with Gasteiger partial charge in [-0.3, -0.25) is 4.98 Å². The number of piperazine rings is 1. The predicted octanol–water partition coefficient (Wildman–Crippen LogP) is 3.35. The molecule has 1 fully saturated rings. The topological polar surface area (TPSA) is 67.8 Å². The summed E-state index contributed by atoms with van der Waals surface area (Å²) in [6.45, 7) is 8.79. The fourth-order valence-electron chi connectivity index (χ4n) is 3.12. The molecular weight excluding hydrogens is 356 g/mol. The standard InChI is InChI=1S/C21H28N4O3/c1-21(2,3)28-20(26)25-13-11-24(12-14-25)19-18(22-9-10-23-19)17-7-5-16(6-8-17)15-27-4/h5-10H,11-15H2,1-4H3. The highest BCUT2D eigenvalue weighted by Crippen LogP contribution is 2.28. The molecule has 1 aliphatic heterocycles. The maximum atomic E-state index is 12.3. The third-order valence-corrected chi connectivity index (χ3v) is 4.45. The van der Waals surface area contributed by atoms with Crippen LogP contribution in [0, 0.1) is 0 Å². The normalized spacial score (nSPS) is 14.9. The number of aromatic nitrogens is 2. The van der Waals surface area contributed by atoms with Crippen molar-refractivity contribution < 1.29 is 14.3 Å². The lowest BCUT2D eigenvalue weighted by Gasteiger charge is -2.36. The van der Waals surface area contributed by atoms with Gasteiger partial charge in [-0.05, 0) is 26.3 Å². The third-order valence-electron chi connectivity index (χ3n) is 4.45. The zero-order valence-corrected chi connectivity index (χ0v) is 17.0. The van der Waals surface area contributed by atoms with E-state index in [0.717, 1.165) is 22.6 Å². The number of rotatable bonds is 4. The molecule has 1 aromatic heterocycles. The summed E-state index contributed by atoms with van der Waals surface area (Å²) in [6.07, 6.45) is 3.15. The number of hydrogen-bond donors (Lipinski definition) is 0. The van der Waals surface area contributed by atoms with Gasteiger partial charge in [0.1, 0.15) is 11.3 Å². The van der Waals surface area contributed by atoms with Crippen LogP contribution >= 0.6 is 0 Å². The molecule has 2 aromatic rings. The van der Waals surface area contributed by atoms with Gasteiger partial charge < -0.3 is 19.3 Å². The molecule has 28 heavy (non-hydrogen) atoms. The van der Waals surface area contributed by atoms with Gasteiger partial charge in [-0.1, -0.05) is 24.3 Å². The maximum absolute atomic E-state index is 12.3. The van der Waals surface area contributed by atoms with Gasteiger partial charge in [0.05, 0.1) is 6.61 Å². The van der Waals surface area contributed by atoms with E-state index in [1.165, 1.54) is 0 Å². The smallest absolute Gasteiger partial charge is 0.410 e. The van der Waals surface area contributed by atoms with Crippen LogP contribution in [0.1, 0.15) is 26.3 Å². The molecule has 7 heteroatoms. The van der Waals surface area contributed by atoms with Gasteiger partial charge in [0.2, 0.25) is 0 Å². The molecule has 150 valence electrons. The summed E-state index contributed by atoms with van der Waals surface area (Å²) in [7, 11) is 1.69. The highest BCUT2D eigenvalue weighted by atomic mass is 16.6. The Morgan fingerprint density at radius 2 is 1.68 bits per heavy atom. The van der Waals surface area contributed by atoms with Gasteiger partial charge in [0.25, 0.3) is 0 Å². The number of benzene rings is 1. The van der Waals surface area contributed by atoms with Crippen molar-refractivity contribution in [2.75, 3.05) is 38.2 Å². The van der Waals surface area contributed by atoms with E-state index in [4.69, 9.17) is 9.47 Å². The van der Waals surface area contributed by atoms with Gasteiger partial charge >= 0.3 is 6.09 Å². The second kappa shape index (κ2) is 8.56. The minimum Gasteiger partial charge on any atom is -0.444 e. The predicted molar refractivity (Wildman–Crippen MR) is 108 cm³/mol. The van der Waals surface area contributed by atoms with Crippen molar-refractivity contribution >= 4 is 11.9 Å². The molecule has 1 aliphatic rings. The van der Waals surface area contributed by atoms with Crippen LogP contribution in [0.3, 0.4) is 0 Å². The van der Waals surface area contributed by atoms with Crippen LogP contribution in [0.2, 0.25) is 0 Å². The molecule has 0 unspecified atom stereocenters. The zero-order chi connectivity index (χ0) is 20.1. The van der Waals surface area contributed by atoms with E-state index in [2.05, 4.69) is 14.9 Å². The van der Waals surface area contributed by atoms with Crippen LogP contribution in [-0.4, -0.2) is 59.9 Å². The van der Waals surface area contributed by atoms with E-state index in [1.54, 1.807) is 24.4 Å². The van der Waals surface area contributed by atoms with Crippen molar-refractivity contribution in [3.05, 3.63) is 42.2 Å². The van der Waals surface area contributed by atoms with Crippen molar-refractivity contribution in [1.29, 1.82) is 0 Å². The minimum atomic E-state index is -0.485. The second-order valence-electron chi connectivity index (χ2n) is 7.81. The van der Waals surface area contributed by atoms with E-state index in [9.17, 15) is 4.79 Å². The Hall–Kier alpha value is -2.67. The number of methoxy groups -OCH3 is 1. The molecule has 0 N–H and O–H groups in total. The van der Waals surface area contributed by atoms with Gasteiger partial charge in [-0.2, -0.15) is 0 Å². The molecular formula is C21H28N4O3. The highest BCUT2D eigenvalue weighted by molar-refractivity contribution is 5.73. The summed E-state index contributed by atoms with van der Waals surface area (Å²) in [5.74, 6) is 0.839. The molecule has 7 nitrogen and oxygen atoms in total. The van der Waals surface area contributed by atoms with Crippen molar-refractivity contribution in [1.82, 2.24) is 14.9 Å². The fourth-order valence-corrected chi connectivity index (χ4v) is 3.12. The summed E-state index contributed by atoms with van der Waals surface area (Å²) in [5, 5.41) is 0. The SMILES string of the molecule is COCc1ccc(-c2nccnc2N2CCN(C(=O)OC(C)(C)C)CC2)cc1. The average Bonchev–Trinajstić information content (AvgIpc) is 2.68. The van der Waals surface area contributed by atoms with Crippen LogP contribution in [-0.2, 0) is 16.1 Å². The van der Waals surface area contributed by atoms with Crippen LogP contribution < -0.4 is 4.90 Å². The number of ether oxygens (including phenoxy) is 2. The number of nitrogens with zero attached hydrogens (tertiary/aromatic N) is 4. The Bertz CT molecular complexity index is 794. The van der Waals surface area contributed by atoms with Crippen LogP contribution in [0.25, 0.3) is 11.3 Å². The Morgan fingerprint density at radius 3 is 2.29 bits per heavy atom. The molecule has 0 radical (unpaired) electrons. The number of carbonyl (C=O) groups excluding carboxylic acids is 1. The molecule has 0 aliphatic carbocycles. The number of anilines is 1. The quantitative estimate of drug-likeness (QED) is 0.805. The maximum Gasteiger partial charge on any atom is 0.410 e. The number of carbonyl (C=O) groups is 1. The number of hydrogen-bond acceptors (Lipinski definition) is 6. The highest BCUT2D eigenvalue weighted by Gasteiger charge is 2.27. The monoisotopic (exact) mass is 384 g/mol. The van der Waals surface area contributed by atoms with E-state index in [1.807, 2.05) is 45.0 Å². The number of amides is 1. The molecule has 3 rings (SSSR count). The van der Waals surface area contributed by atoms with Crippen molar-refractivity contribution in [2.24, 2.45) is 0 Å². The molecule has 2 heterocycles. The van der Waals surface area contributed by atoms with Crippen LogP contribution in [0.5, 0.6) is 0 Å². The lowest BCUT2D eigenvalue weighted by atomic mass is 10.1. The molecule has 0 bridgehead atoms. The Labute approximate surface area is 166 Å². The first-order valence-electron chi connectivity index (χ1n) is 9.49. The van der Waals surface area contributed by atoms with Gasteiger partial charge in [0, 0.05) is 51.2 Å². The van der Waals surface area contributed by atoms with E-state index in [0.29, 0.717) is 32.8 Å². The lowest BCUT2D eigenvalue weighted by molar-refractivity contribution is 0.0240. The Balaban J connectivity index is 1.71. The minimum absolute atomic E-state index is 0.264. The first-order chi connectivity index (χ1) is 13.4. The fraction of sp³-hybridized carbons (Fsp3) is 0.476. The van der Waals surface area contributed by atoms with E-state index >= 15 is 0 Å². The summed E-state index contributed by atoms with van der Waals surface area (Å²) in [5.41, 5.74) is 2.48. The van der Waals surface area contributed by atoms with Crippen molar-refractivity contribution in [2.45, 2.75) is 33.0 Å². The van der Waals surface area contributed by atoms with Crippen molar-refractivity contribution in [3.63, 3.8) is 0 Å². The zero-order valence-electron chi connectivity index (χ0n) is 17.0. The molecule has 1 saturated heterocycles. The van der Waals surface area contributed by atoms with Gasteiger partial charge in [0.15, 0.2) is 5.82 Å². The first-order valence-corrected chi connectivity index (χ1v) is 9.49. The molecule has 1 aromatic carbocycles. The van der Waals surface area contributed by atoms with E-state index in [-0.39, 0.29) is 6.09 Å². The molecule has 0 atom stereocenters. The Kier molecular flexibility index (Phi) is 6.14. The van der Waals surface area contributed by atoms with Crippen LogP contribution in [0.4, 0.5) is 10.6 Å². The summed E-state index contributed by atoms with van der Waals surface area (Å²) >= 11 is 0. The average molecular weight is 384 g/mol. The Morgan fingerprint density at radius 1 is 1.04 bits per heavy atom. The lowest BCUT2D eigenvalue weighted by Crippen LogP contribution is -2.50.